The largest absolute Gasteiger partial charge is 0.465 e. The maximum atomic E-state index is 11.5. The van der Waals surface area contributed by atoms with Crippen LogP contribution in [-0.2, 0) is 4.74 Å². The van der Waals surface area contributed by atoms with Gasteiger partial charge in [-0.3, -0.25) is 4.98 Å². The molecule has 3 nitrogen and oxygen atoms in total. The Morgan fingerprint density at radius 2 is 1.76 bits per heavy atom. The van der Waals surface area contributed by atoms with Gasteiger partial charge in [0.1, 0.15) is 0 Å². The second kappa shape index (κ2) is 5.37. The Bertz CT molecular complexity index is 807. The number of carbonyl (C=O) groups is 1. The highest BCUT2D eigenvalue weighted by Crippen LogP contribution is 2.24. The van der Waals surface area contributed by atoms with E-state index >= 15 is 0 Å². The molecule has 3 heteroatoms. The summed E-state index contributed by atoms with van der Waals surface area (Å²) in [6.07, 6.45) is 0. The lowest BCUT2D eigenvalue weighted by molar-refractivity contribution is 0.0601. The molecule has 0 N–H and O–H groups in total. The summed E-state index contributed by atoms with van der Waals surface area (Å²) in [5.74, 6) is -0.329. The first kappa shape index (κ1) is 13.3. The molecular weight excluding hydrogens is 262 g/mol. The molecule has 0 amide bonds. The zero-order valence-electron chi connectivity index (χ0n) is 12.0. The number of nitrogens with zero attached hydrogens (tertiary/aromatic N) is 1. The molecule has 0 radical (unpaired) electrons. The Morgan fingerprint density at radius 1 is 1.05 bits per heavy atom. The third-order valence-electron chi connectivity index (χ3n) is 3.53. The van der Waals surface area contributed by atoms with Crippen LogP contribution in [0.4, 0.5) is 0 Å². The van der Waals surface area contributed by atoms with Gasteiger partial charge in [-0.05, 0) is 30.5 Å². The van der Waals surface area contributed by atoms with Gasteiger partial charge < -0.3 is 4.74 Å². The third-order valence-corrected chi connectivity index (χ3v) is 3.53. The van der Waals surface area contributed by atoms with Crippen LogP contribution >= 0.6 is 0 Å². The van der Waals surface area contributed by atoms with Gasteiger partial charge in [0.15, 0.2) is 0 Å². The summed E-state index contributed by atoms with van der Waals surface area (Å²) < 4.78 is 4.70. The van der Waals surface area contributed by atoms with Gasteiger partial charge in [-0.1, -0.05) is 36.4 Å². The highest BCUT2D eigenvalue weighted by atomic mass is 16.5. The van der Waals surface area contributed by atoms with E-state index in [1.54, 1.807) is 12.1 Å². The Hall–Kier alpha value is -2.68. The van der Waals surface area contributed by atoms with Gasteiger partial charge in [-0.15, -0.1) is 0 Å². The van der Waals surface area contributed by atoms with Gasteiger partial charge >= 0.3 is 5.97 Å². The minimum absolute atomic E-state index is 0.329. The number of aryl methyl sites for hydroxylation is 1. The molecule has 0 aliphatic rings. The van der Waals surface area contributed by atoms with Crippen LogP contribution in [0.25, 0.3) is 22.0 Å². The molecule has 1 aromatic heterocycles. The molecular formula is C18H15NO2. The molecule has 0 aliphatic carbocycles. The van der Waals surface area contributed by atoms with Crippen LogP contribution in [0.1, 0.15) is 16.1 Å². The molecule has 3 aromatic rings. The van der Waals surface area contributed by atoms with Gasteiger partial charge in [0.05, 0.1) is 18.4 Å². The van der Waals surface area contributed by atoms with E-state index in [9.17, 15) is 4.79 Å². The van der Waals surface area contributed by atoms with E-state index < -0.39 is 0 Å². The number of hydrogen-bond acceptors (Lipinski definition) is 3. The molecule has 1 heterocycles. The van der Waals surface area contributed by atoms with Crippen molar-refractivity contribution in [2.75, 3.05) is 7.11 Å². The summed E-state index contributed by atoms with van der Waals surface area (Å²) in [5, 5.41) is 2.32. The number of fused-ring (bicyclic) bond motifs is 1. The zero-order valence-corrected chi connectivity index (χ0v) is 12.0. The number of aromatic nitrogens is 1. The van der Waals surface area contributed by atoms with Gasteiger partial charge in [0, 0.05) is 16.6 Å². The minimum atomic E-state index is -0.329. The average molecular weight is 277 g/mol. The van der Waals surface area contributed by atoms with Crippen molar-refractivity contribution in [3.05, 3.63) is 65.9 Å². The fourth-order valence-electron chi connectivity index (χ4n) is 2.42. The summed E-state index contributed by atoms with van der Waals surface area (Å²) in [7, 11) is 1.38. The fourth-order valence-corrected chi connectivity index (χ4v) is 2.42. The quantitative estimate of drug-likeness (QED) is 0.665. The van der Waals surface area contributed by atoms with Crippen molar-refractivity contribution in [2.45, 2.75) is 6.92 Å². The summed E-state index contributed by atoms with van der Waals surface area (Å²) in [6.45, 7) is 2.01. The van der Waals surface area contributed by atoms with Crippen LogP contribution in [0.5, 0.6) is 0 Å². The minimum Gasteiger partial charge on any atom is -0.465 e. The zero-order chi connectivity index (χ0) is 14.8. The highest BCUT2D eigenvalue weighted by Gasteiger charge is 2.07. The van der Waals surface area contributed by atoms with E-state index in [0.29, 0.717) is 5.56 Å². The molecule has 0 atom stereocenters. The van der Waals surface area contributed by atoms with E-state index in [-0.39, 0.29) is 5.97 Å². The van der Waals surface area contributed by atoms with E-state index in [0.717, 1.165) is 27.7 Å². The topological polar surface area (TPSA) is 39.2 Å². The number of carbonyl (C=O) groups excluding carboxylic acids is 1. The summed E-state index contributed by atoms with van der Waals surface area (Å²) in [5.41, 5.74) is 3.43. The number of methoxy groups -OCH3 is 1. The Kier molecular flexibility index (Phi) is 3.40. The van der Waals surface area contributed by atoms with Gasteiger partial charge in [0.25, 0.3) is 0 Å². The van der Waals surface area contributed by atoms with Crippen molar-refractivity contribution < 1.29 is 9.53 Å². The SMILES string of the molecule is COC(=O)c1ccc(-c2cc3ccccc3c(C)n2)cc1. The Morgan fingerprint density at radius 3 is 2.48 bits per heavy atom. The summed E-state index contributed by atoms with van der Waals surface area (Å²) in [6, 6.07) is 17.5. The van der Waals surface area contributed by atoms with Crippen LogP contribution in [0, 0.1) is 6.92 Å². The Balaban J connectivity index is 2.06. The van der Waals surface area contributed by atoms with Crippen molar-refractivity contribution in [1.29, 1.82) is 0 Å². The molecule has 0 bridgehead atoms. The van der Waals surface area contributed by atoms with Crippen molar-refractivity contribution in [2.24, 2.45) is 0 Å². The number of hydrogen-bond donors (Lipinski definition) is 0. The number of ether oxygens (including phenoxy) is 1. The fraction of sp³-hybridized carbons (Fsp3) is 0.111. The normalized spacial score (nSPS) is 10.6. The first-order chi connectivity index (χ1) is 10.2. The van der Waals surface area contributed by atoms with Crippen LogP contribution in [0.3, 0.4) is 0 Å². The van der Waals surface area contributed by atoms with Crippen molar-refractivity contribution >= 4 is 16.7 Å². The van der Waals surface area contributed by atoms with Crippen molar-refractivity contribution in [3.8, 4) is 11.3 Å². The van der Waals surface area contributed by atoms with Crippen LogP contribution in [-0.4, -0.2) is 18.1 Å². The second-order valence-electron chi connectivity index (χ2n) is 4.88. The van der Waals surface area contributed by atoms with E-state index in [4.69, 9.17) is 4.74 Å². The van der Waals surface area contributed by atoms with Gasteiger partial charge in [0.2, 0.25) is 0 Å². The first-order valence-corrected chi connectivity index (χ1v) is 6.74. The molecule has 0 aliphatic heterocycles. The standard InChI is InChI=1S/C18H15NO2/c1-12-16-6-4-3-5-15(16)11-17(19-12)13-7-9-14(10-8-13)18(20)21-2/h3-11H,1-2H3. The maximum Gasteiger partial charge on any atom is 0.337 e. The number of rotatable bonds is 2. The molecule has 0 fully saturated rings. The number of esters is 1. The maximum absolute atomic E-state index is 11.5. The molecule has 2 aromatic carbocycles. The van der Waals surface area contributed by atoms with Crippen LogP contribution in [0.15, 0.2) is 54.6 Å². The van der Waals surface area contributed by atoms with Gasteiger partial charge in [-0.2, -0.15) is 0 Å². The summed E-state index contributed by atoms with van der Waals surface area (Å²) >= 11 is 0. The third kappa shape index (κ3) is 2.50. The molecule has 104 valence electrons. The molecule has 3 rings (SSSR count). The molecule has 0 unspecified atom stereocenters. The van der Waals surface area contributed by atoms with Crippen molar-refractivity contribution in [3.63, 3.8) is 0 Å². The van der Waals surface area contributed by atoms with Crippen LogP contribution < -0.4 is 0 Å². The molecule has 0 spiro atoms. The predicted octanol–water partition coefficient (Wildman–Crippen LogP) is 4.00. The smallest absolute Gasteiger partial charge is 0.337 e. The van der Waals surface area contributed by atoms with Crippen LogP contribution in [0.2, 0.25) is 0 Å². The van der Waals surface area contributed by atoms with E-state index in [2.05, 4.69) is 23.2 Å². The number of benzene rings is 2. The first-order valence-electron chi connectivity index (χ1n) is 6.74. The van der Waals surface area contributed by atoms with Gasteiger partial charge in [-0.25, -0.2) is 4.79 Å². The van der Waals surface area contributed by atoms with E-state index in [1.807, 2.05) is 31.2 Å². The molecule has 21 heavy (non-hydrogen) atoms. The molecule has 0 saturated carbocycles. The number of pyridine rings is 1. The van der Waals surface area contributed by atoms with Crippen molar-refractivity contribution in [1.82, 2.24) is 4.98 Å². The lowest BCUT2D eigenvalue weighted by Crippen LogP contribution is -2.00. The lowest BCUT2D eigenvalue weighted by atomic mass is 10.0. The highest BCUT2D eigenvalue weighted by molar-refractivity contribution is 5.91. The summed E-state index contributed by atoms with van der Waals surface area (Å²) in [4.78, 5) is 16.1. The molecule has 0 saturated heterocycles. The predicted molar refractivity (Wildman–Crippen MR) is 83.3 cm³/mol. The van der Waals surface area contributed by atoms with E-state index in [1.165, 1.54) is 7.11 Å². The Labute approximate surface area is 123 Å². The average Bonchev–Trinajstić information content (AvgIpc) is 2.54. The monoisotopic (exact) mass is 277 g/mol. The second-order valence-corrected chi connectivity index (χ2v) is 4.88. The lowest BCUT2D eigenvalue weighted by Gasteiger charge is -2.07.